The Morgan fingerprint density at radius 3 is 2.57 bits per heavy atom. The van der Waals surface area contributed by atoms with E-state index in [1.54, 1.807) is 13.0 Å². The number of ether oxygens (including phenoxy) is 2. The van der Waals surface area contributed by atoms with Crippen molar-refractivity contribution in [2.75, 3.05) is 18.6 Å². The predicted octanol–water partition coefficient (Wildman–Crippen LogP) is 6.42. The molecule has 0 fully saturated rings. The molecule has 0 spiro atoms. The topological polar surface area (TPSA) is 51.7 Å². The van der Waals surface area contributed by atoms with Crippen molar-refractivity contribution < 1.29 is 14.3 Å². The van der Waals surface area contributed by atoms with E-state index in [0.717, 1.165) is 29.3 Å². The van der Waals surface area contributed by atoms with Gasteiger partial charge >= 0.3 is 5.97 Å². The van der Waals surface area contributed by atoms with Crippen LogP contribution in [-0.4, -0.2) is 30.7 Å². The van der Waals surface area contributed by atoms with Crippen molar-refractivity contribution in [1.82, 2.24) is 4.98 Å². The van der Waals surface area contributed by atoms with Gasteiger partial charge in [-0.15, -0.1) is 0 Å². The molecule has 3 rings (SSSR count). The highest BCUT2D eigenvalue weighted by molar-refractivity contribution is 6.36. The fraction of sp³-hybridized carbons (Fsp3) is 0.304. The Kier molecular flexibility index (Phi) is 7.40. The first kappa shape index (κ1) is 22.2. The van der Waals surface area contributed by atoms with Crippen LogP contribution in [0.25, 0.3) is 10.8 Å². The van der Waals surface area contributed by atoms with E-state index >= 15 is 0 Å². The quantitative estimate of drug-likeness (QED) is 0.227. The number of benzene rings is 2. The van der Waals surface area contributed by atoms with Crippen molar-refractivity contribution in [3.63, 3.8) is 0 Å². The van der Waals surface area contributed by atoms with E-state index in [2.05, 4.69) is 4.98 Å². The molecule has 0 aliphatic carbocycles. The minimum Gasteiger partial charge on any atom is -0.479 e. The minimum absolute atomic E-state index is 0.361. The van der Waals surface area contributed by atoms with Crippen LogP contribution in [0.1, 0.15) is 26.7 Å². The molecule has 1 aromatic heterocycles. The number of rotatable bonds is 8. The Bertz CT molecular complexity index is 1020. The molecule has 30 heavy (non-hydrogen) atoms. The van der Waals surface area contributed by atoms with Crippen LogP contribution < -0.4 is 9.64 Å². The van der Waals surface area contributed by atoms with Gasteiger partial charge in [-0.3, -0.25) is 0 Å². The number of fused-ring (bicyclic) bond motifs is 1. The smallest absolute Gasteiger partial charge is 0.347 e. The van der Waals surface area contributed by atoms with Crippen molar-refractivity contribution in [1.29, 1.82) is 0 Å². The maximum atomic E-state index is 12.0. The molecule has 5 nitrogen and oxygen atoms in total. The SMILES string of the molecule is CCCCOC(=O)C(C)Oc1ccc(N(C)c2cc3ccc(Cl)cc3c(Cl)n2)cc1. The molecular weight excluding hydrogens is 423 g/mol. The summed E-state index contributed by atoms with van der Waals surface area (Å²) in [5.74, 6) is 0.933. The van der Waals surface area contributed by atoms with Gasteiger partial charge in [-0.2, -0.15) is 0 Å². The van der Waals surface area contributed by atoms with Crippen LogP contribution in [0, 0.1) is 0 Å². The summed E-state index contributed by atoms with van der Waals surface area (Å²) in [6.45, 7) is 4.14. The van der Waals surface area contributed by atoms with Crippen molar-refractivity contribution >= 4 is 51.4 Å². The largest absolute Gasteiger partial charge is 0.479 e. The molecule has 0 radical (unpaired) electrons. The second-order valence-electron chi connectivity index (χ2n) is 6.97. The lowest BCUT2D eigenvalue weighted by molar-refractivity contribution is -0.151. The number of hydrogen-bond donors (Lipinski definition) is 0. The third-order valence-corrected chi connectivity index (χ3v) is 5.21. The average Bonchev–Trinajstić information content (AvgIpc) is 2.74. The van der Waals surface area contributed by atoms with Crippen molar-refractivity contribution in [3.05, 3.63) is 58.7 Å². The Morgan fingerprint density at radius 1 is 1.13 bits per heavy atom. The molecule has 0 saturated carbocycles. The monoisotopic (exact) mass is 446 g/mol. The molecule has 158 valence electrons. The van der Waals surface area contributed by atoms with E-state index in [-0.39, 0.29) is 5.97 Å². The van der Waals surface area contributed by atoms with Gasteiger partial charge in [0.15, 0.2) is 6.10 Å². The number of pyridine rings is 1. The van der Waals surface area contributed by atoms with Gasteiger partial charge in [-0.25, -0.2) is 9.78 Å². The van der Waals surface area contributed by atoms with Crippen molar-refractivity contribution in [3.8, 4) is 5.75 Å². The van der Waals surface area contributed by atoms with Crippen LogP contribution >= 0.6 is 23.2 Å². The van der Waals surface area contributed by atoms with Crippen LogP contribution in [0.3, 0.4) is 0 Å². The lowest BCUT2D eigenvalue weighted by Gasteiger charge is -2.20. The number of hydrogen-bond acceptors (Lipinski definition) is 5. The Hall–Kier alpha value is -2.50. The summed E-state index contributed by atoms with van der Waals surface area (Å²) in [4.78, 5) is 18.4. The molecule has 7 heteroatoms. The highest BCUT2D eigenvalue weighted by Gasteiger charge is 2.16. The van der Waals surface area contributed by atoms with Crippen LogP contribution in [0.5, 0.6) is 5.75 Å². The first-order valence-corrected chi connectivity index (χ1v) is 10.6. The summed E-state index contributed by atoms with van der Waals surface area (Å²) in [6.07, 6.45) is 1.15. The van der Waals surface area contributed by atoms with E-state index in [9.17, 15) is 4.79 Å². The zero-order chi connectivity index (χ0) is 21.7. The maximum Gasteiger partial charge on any atom is 0.347 e. The van der Waals surface area contributed by atoms with Crippen LogP contribution in [0.15, 0.2) is 48.5 Å². The summed E-state index contributed by atoms with van der Waals surface area (Å²) in [6, 6.07) is 14.9. The zero-order valence-electron chi connectivity index (χ0n) is 17.2. The van der Waals surface area contributed by atoms with Gasteiger partial charge in [0.05, 0.1) is 6.61 Å². The normalized spacial score (nSPS) is 11.9. The molecule has 2 aromatic carbocycles. The summed E-state index contributed by atoms with van der Waals surface area (Å²) in [5, 5.41) is 2.78. The van der Waals surface area contributed by atoms with Gasteiger partial charge in [0.2, 0.25) is 0 Å². The van der Waals surface area contributed by atoms with E-state index in [1.807, 2.05) is 61.3 Å². The molecule has 3 aromatic rings. The third-order valence-electron chi connectivity index (χ3n) is 4.69. The summed E-state index contributed by atoms with van der Waals surface area (Å²) < 4.78 is 10.9. The first-order valence-electron chi connectivity index (χ1n) is 9.82. The standard InChI is InChI=1S/C23H24Cl2N2O3/c1-4-5-12-29-23(28)15(2)30-19-10-8-18(9-11-19)27(3)21-13-16-6-7-17(24)14-20(16)22(25)26-21/h6-11,13-15H,4-5,12H2,1-3H3. The molecule has 1 unspecified atom stereocenters. The Morgan fingerprint density at radius 2 is 1.87 bits per heavy atom. The van der Waals surface area contributed by atoms with Crippen LogP contribution in [0.2, 0.25) is 10.2 Å². The first-order chi connectivity index (χ1) is 14.4. The number of aromatic nitrogens is 1. The zero-order valence-corrected chi connectivity index (χ0v) is 18.7. The number of halogens is 2. The molecule has 0 saturated heterocycles. The number of anilines is 2. The van der Waals surface area contributed by atoms with Gasteiger partial charge in [0, 0.05) is 23.1 Å². The average molecular weight is 447 g/mol. The molecule has 0 N–H and O–H groups in total. The van der Waals surface area contributed by atoms with E-state index in [4.69, 9.17) is 32.7 Å². The lowest BCUT2D eigenvalue weighted by Crippen LogP contribution is -2.26. The number of esters is 1. The second-order valence-corrected chi connectivity index (χ2v) is 7.77. The Labute approximate surface area is 186 Å². The molecule has 0 aliphatic rings. The highest BCUT2D eigenvalue weighted by atomic mass is 35.5. The summed E-state index contributed by atoms with van der Waals surface area (Å²) in [5.41, 5.74) is 0.900. The molecular formula is C23H24Cl2N2O3. The van der Waals surface area contributed by atoms with E-state index in [1.165, 1.54) is 0 Å². The van der Waals surface area contributed by atoms with Gasteiger partial charge in [0.1, 0.15) is 16.7 Å². The number of carbonyl (C=O) groups excluding carboxylic acids is 1. The van der Waals surface area contributed by atoms with E-state index in [0.29, 0.717) is 28.3 Å². The van der Waals surface area contributed by atoms with E-state index < -0.39 is 6.10 Å². The molecule has 0 bridgehead atoms. The molecule has 1 heterocycles. The molecule has 1 atom stereocenters. The van der Waals surface area contributed by atoms with Gasteiger partial charge in [-0.1, -0.05) is 42.6 Å². The minimum atomic E-state index is -0.668. The molecule has 0 amide bonds. The lowest BCUT2D eigenvalue weighted by atomic mass is 10.1. The summed E-state index contributed by atoms with van der Waals surface area (Å²) >= 11 is 12.4. The number of nitrogens with zero attached hydrogens (tertiary/aromatic N) is 2. The Balaban J connectivity index is 1.70. The number of unbranched alkanes of at least 4 members (excludes halogenated alkanes) is 1. The summed E-state index contributed by atoms with van der Waals surface area (Å²) in [7, 11) is 1.91. The maximum absolute atomic E-state index is 12.0. The fourth-order valence-corrected chi connectivity index (χ4v) is 3.33. The molecule has 0 aliphatic heterocycles. The third kappa shape index (κ3) is 5.35. The number of carbonyl (C=O) groups is 1. The van der Waals surface area contributed by atoms with Crippen LogP contribution in [0.4, 0.5) is 11.5 Å². The van der Waals surface area contributed by atoms with Crippen molar-refractivity contribution in [2.45, 2.75) is 32.8 Å². The van der Waals surface area contributed by atoms with Crippen molar-refractivity contribution in [2.24, 2.45) is 0 Å². The highest BCUT2D eigenvalue weighted by Crippen LogP contribution is 2.31. The fourth-order valence-electron chi connectivity index (χ4n) is 2.90. The van der Waals surface area contributed by atoms with Gasteiger partial charge in [0.25, 0.3) is 0 Å². The van der Waals surface area contributed by atoms with Crippen LogP contribution in [-0.2, 0) is 9.53 Å². The predicted molar refractivity (Wildman–Crippen MR) is 122 cm³/mol. The van der Waals surface area contributed by atoms with Gasteiger partial charge in [-0.05, 0) is 61.2 Å². The second kappa shape index (κ2) is 10.0. The van der Waals surface area contributed by atoms with Gasteiger partial charge < -0.3 is 14.4 Å².